The first-order valence-corrected chi connectivity index (χ1v) is 7.62. The number of hydrogen-bond acceptors (Lipinski definition) is 3. The Balaban J connectivity index is 2.27. The van der Waals surface area contributed by atoms with Gasteiger partial charge >= 0.3 is 0 Å². The smallest absolute Gasteiger partial charge is 0.275 e. The molecule has 0 fully saturated rings. The maximum absolute atomic E-state index is 12.5. The number of carbonyl (C=O) groups is 2. The SMILES string of the molecule is CCC(=O)Nc1ccc(C)c(NC(=O)c2c(Cl)c(C)nn2C)c1. The molecular formula is C16H19ClN4O2. The Morgan fingerprint density at radius 1 is 1.26 bits per heavy atom. The molecule has 2 N–H and O–H groups in total. The van der Waals surface area contributed by atoms with Gasteiger partial charge in [-0.1, -0.05) is 24.6 Å². The lowest BCUT2D eigenvalue weighted by Crippen LogP contribution is -2.17. The summed E-state index contributed by atoms with van der Waals surface area (Å²) in [6.07, 6.45) is 0.388. The molecule has 0 aliphatic heterocycles. The number of anilines is 2. The van der Waals surface area contributed by atoms with E-state index in [0.29, 0.717) is 34.2 Å². The van der Waals surface area contributed by atoms with Crippen LogP contribution < -0.4 is 10.6 Å². The van der Waals surface area contributed by atoms with E-state index < -0.39 is 0 Å². The number of halogens is 1. The van der Waals surface area contributed by atoms with Crippen molar-refractivity contribution in [3.05, 3.63) is 40.2 Å². The minimum atomic E-state index is -0.347. The molecule has 0 saturated carbocycles. The second-order valence-electron chi connectivity index (χ2n) is 5.26. The van der Waals surface area contributed by atoms with Crippen molar-refractivity contribution >= 4 is 34.8 Å². The normalized spacial score (nSPS) is 10.5. The van der Waals surface area contributed by atoms with Crippen LogP contribution in [0.3, 0.4) is 0 Å². The maximum Gasteiger partial charge on any atom is 0.275 e. The van der Waals surface area contributed by atoms with Gasteiger partial charge in [0.05, 0.1) is 10.7 Å². The molecule has 0 spiro atoms. The molecule has 6 nitrogen and oxygen atoms in total. The van der Waals surface area contributed by atoms with Gasteiger partial charge in [-0.2, -0.15) is 5.10 Å². The topological polar surface area (TPSA) is 76.0 Å². The van der Waals surface area contributed by atoms with Crippen molar-refractivity contribution in [2.24, 2.45) is 7.05 Å². The maximum atomic E-state index is 12.5. The Morgan fingerprint density at radius 3 is 2.52 bits per heavy atom. The minimum Gasteiger partial charge on any atom is -0.326 e. The molecule has 0 atom stereocenters. The fraction of sp³-hybridized carbons (Fsp3) is 0.312. The van der Waals surface area contributed by atoms with Gasteiger partial charge in [0.1, 0.15) is 5.69 Å². The number of amides is 2. The van der Waals surface area contributed by atoms with Crippen LogP contribution in [0.25, 0.3) is 0 Å². The molecule has 1 heterocycles. The summed E-state index contributed by atoms with van der Waals surface area (Å²) in [6, 6.07) is 5.34. The largest absolute Gasteiger partial charge is 0.326 e. The number of nitrogens with one attached hydrogen (secondary N) is 2. The highest BCUT2D eigenvalue weighted by molar-refractivity contribution is 6.34. The highest BCUT2D eigenvalue weighted by atomic mass is 35.5. The lowest BCUT2D eigenvalue weighted by Gasteiger charge is -2.11. The van der Waals surface area contributed by atoms with Gasteiger partial charge < -0.3 is 10.6 Å². The molecule has 2 amide bonds. The lowest BCUT2D eigenvalue weighted by molar-refractivity contribution is -0.115. The predicted molar refractivity (Wildman–Crippen MR) is 91.0 cm³/mol. The summed E-state index contributed by atoms with van der Waals surface area (Å²) in [4.78, 5) is 24.0. The summed E-state index contributed by atoms with van der Waals surface area (Å²) in [5.41, 5.74) is 3.01. The summed E-state index contributed by atoms with van der Waals surface area (Å²) < 4.78 is 1.45. The van der Waals surface area contributed by atoms with Crippen molar-refractivity contribution in [2.75, 3.05) is 10.6 Å². The third kappa shape index (κ3) is 3.71. The van der Waals surface area contributed by atoms with Crippen molar-refractivity contribution in [1.82, 2.24) is 9.78 Å². The lowest BCUT2D eigenvalue weighted by atomic mass is 10.1. The Labute approximate surface area is 139 Å². The van der Waals surface area contributed by atoms with Gasteiger partial charge in [0.2, 0.25) is 5.91 Å². The van der Waals surface area contributed by atoms with E-state index in [1.165, 1.54) is 4.68 Å². The van der Waals surface area contributed by atoms with E-state index in [-0.39, 0.29) is 11.8 Å². The standard InChI is InChI=1S/C16H19ClN4O2/c1-5-13(22)18-11-7-6-9(2)12(8-11)19-16(23)15-14(17)10(3)20-21(15)4/h6-8H,5H2,1-4H3,(H,18,22)(H,19,23). The third-order valence-electron chi connectivity index (χ3n) is 3.45. The van der Waals surface area contributed by atoms with Gasteiger partial charge in [-0.3, -0.25) is 14.3 Å². The monoisotopic (exact) mass is 334 g/mol. The van der Waals surface area contributed by atoms with Crippen molar-refractivity contribution in [3.8, 4) is 0 Å². The molecule has 122 valence electrons. The van der Waals surface area contributed by atoms with Gasteiger partial charge in [0, 0.05) is 24.8 Å². The number of aryl methyl sites for hydroxylation is 3. The summed E-state index contributed by atoms with van der Waals surface area (Å²) in [5, 5.41) is 10.0. The molecule has 0 saturated heterocycles. The van der Waals surface area contributed by atoms with Crippen LogP contribution in [0.2, 0.25) is 5.02 Å². The van der Waals surface area contributed by atoms with E-state index >= 15 is 0 Å². The van der Waals surface area contributed by atoms with E-state index in [0.717, 1.165) is 5.56 Å². The molecule has 7 heteroatoms. The van der Waals surface area contributed by atoms with E-state index in [4.69, 9.17) is 11.6 Å². The number of rotatable bonds is 4. The highest BCUT2D eigenvalue weighted by Gasteiger charge is 2.19. The Kier molecular flexibility index (Phi) is 5.05. The van der Waals surface area contributed by atoms with Gasteiger partial charge in [0.15, 0.2) is 0 Å². The van der Waals surface area contributed by atoms with E-state index in [9.17, 15) is 9.59 Å². The highest BCUT2D eigenvalue weighted by Crippen LogP contribution is 2.24. The molecule has 0 aliphatic rings. The van der Waals surface area contributed by atoms with Crippen LogP contribution in [0.1, 0.15) is 35.1 Å². The molecule has 0 bridgehead atoms. The average molecular weight is 335 g/mol. The van der Waals surface area contributed by atoms with Crippen molar-refractivity contribution in [3.63, 3.8) is 0 Å². The predicted octanol–water partition coefficient (Wildman–Crippen LogP) is 3.29. The van der Waals surface area contributed by atoms with Crippen LogP contribution in [-0.2, 0) is 11.8 Å². The number of nitrogens with zero attached hydrogens (tertiary/aromatic N) is 2. The van der Waals surface area contributed by atoms with Gasteiger partial charge in [-0.05, 0) is 31.5 Å². The minimum absolute atomic E-state index is 0.0866. The first kappa shape index (κ1) is 17.0. The van der Waals surface area contributed by atoms with Crippen molar-refractivity contribution < 1.29 is 9.59 Å². The zero-order valence-corrected chi connectivity index (χ0v) is 14.3. The van der Waals surface area contributed by atoms with E-state index in [2.05, 4.69) is 15.7 Å². The third-order valence-corrected chi connectivity index (χ3v) is 3.91. The molecule has 2 rings (SSSR count). The molecule has 23 heavy (non-hydrogen) atoms. The van der Waals surface area contributed by atoms with Crippen LogP contribution in [0, 0.1) is 13.8 Å². The van der Waals surface area contributed by atoms with Gasteiger partial charge in [-0.25, -0.2) is 0 Å². The number of benzene rings is 1. The molecule has 0 aliphatic carbocycles. The second kappa shape index (κ2) is 6.83. The van der Waals surface area contributed by atoms with Crippen LogP contribution >= 0.6 is 11.6 Å². The van der Waals surface area contributed by atoms with E-state index in [1.807, 2.05) is 13.0 Å². The second-order valence-corrected chi connectivity index (χ2v) is 5.64. The molecule has 0 radical (unpaired) electrons. The fourth-order valence-electron chi connectivity index (χ4n) is 2.14. The number of carbonyl (C=O) groups excluding carboxylic acids is 2. The molecule has 0 unspecified atom stereocenters. The van der Waals surface area contributed by atoms with Crippen LogP contribution in [-0.4, -0.2) is 21.6 Å². The van der Waals surface area contributed by atoms with Crippen molar-refractivity contribution in [1.29, 1.82) is 0 Å². The van der Waals surface area contributed by atoms with Crippen LogP contribution in [0.5, 0.6) is 0 Å². The zero-order valence-electron chi connectivity index (χ0n) is 13.5. The van der Waals surface area contributed by atoms with E-state index in [1.54, 1.807) is 33.0 Å². The zero-order chi connectivity index (χ0) is 17.1. The summed E-state index contributed by atoms with van der Waals surface area (Å²) in [6.45, 7) is 5.39. The average Bonchev–Trinajstić information content (AvgIpc) is 2.75. The fourth-order valence-corrected chi connectivity index (χ4v) is 2.39. The Bertz CT molecular complexity index is 768. The molecule has 2 aromatic rings. The first-order valence-electron chi connectivity index (χ1n) is 7.24. The summed E-state index contributed by atoms with van der Waals surface area (Å²) in [5.74, 6) is -0.434. The van der Waals surface area contributed by atoms with Gasteiger partial charge in [0.25, 0.3) is 5.91 Å². The number of hydrogen-bond donors (Lipinski definition) is 2. The number of aromatic nitrogens is 2. The van der Waals surface area contributed by atoms with Crippen LogP contribution in [0.15, 0.2) is 18.2 Å². The quantitative estimate of drug-likeness (QED) is 0.900. The Morgan fingerprint density at radius 2 is 1.96 bits per heavy atom. The molecule has 1 aromatic heterocycles. The Hall–Kier alpha value is -2.34. The molecule has 1 aromatic carbocycles. The van der Waals surface area contributed by atoms with Crippen LogP contribution in [0.4, 0.5) is 11.4 Å². The first-order chi connectivity index (χ1) is 10.8. The van der Waals surface area contributed by atoms with Gasteiger partial charge in [-0.15, -0.1) is 0 Å². The summed E-state index contributed by atoms with van der Waals surface area (Å²) >= 11 is 6.13. The summed E-state index contributed by atoms with van der Waals surface area (Å²) in [7, 11) is 1.67. The van der Waals surface area contributed by atoms with Crippen molar-refractivity contribution in [2.45, 2.75) is 27.2 Å². The molecular weight excluding hydrogens is 316 g/mol.